The monoisotopic (exact) mass is 281 g/mol. The third-order valence-electron chi connectivity index (χ3n) is 2.74. The van der Waals surface area contributed by atoms with Crippen LogP contribution in [-0.2, 0) is 14.6 Å². The number of carbonyl (C=O) groups excluding carboxylic acids is 1. The van der Waals surface area contributed by atoms with E-state index in [1.807, 2.05) is 0 Å². The number of sulfone groups is 1. The fourth-order valence-corrected chi connectivity index (χ4v) is 3.02. The molecule has 0 aliphatic carbocycles. The third kappa shape index (κ3) is 3.11. The van der Waals surface area contributed by atoms with Crippen LogP contribution in [0.4, 0.5) is 0 Å². The molecule has 0 fully saturated rings. The Morgan fingerprint density at radius 2 is 2.21 bits per heavy atom. The minimum absolute atomic E-state index is 0.0282. The predicted molar refractivity (Wildman–Crippen MR) is 71.4 cm³/mol. The van der Waals surface area contributed by atoms with Crippen molar-refractivity contribution in [2.75, 3.05) is 12.3 Å². The maximum Gasteiger partial charge on any atom is 0.221 e. The number of aromatic nitrogens is 2. The normalized spacial score (nSPS) is 11.6. The average molecular weight is 281 g/mol. The Bertz CT molecular complexity index is 691. The van der Waals surface area contributed by atoms with Crippen molar-refractivity contribution in [3.63, 3.8) is 0 Å². The van der Waals surface area contributed by atoms with Gasteiger partial charge in [0.2, 0.25) is 5.91 Å². The number of hydrogen-bond donors (Lipinski definition) is 2. The minimum Gasteiger partial charge on any atom is -0.356 e. The summed E-state index contributed by atoms with van der Waals surface area (Å²) < 4.78 is 24.2. The van der Waals surface area contributed by atoms with Crippen LogP contribution in [0.5, 0.6) is 0 Å². The summed E-state index contributed by atoms with van der Waals surface area (Å²) in [7, 11) is -3.45. The van der Waals surface area contributed by atoms with Crippen LogP contribution in [0.1, 0.15) is 13.3 Å². The lowest BCUT2D eigenvalue weighted by Crippen LogP contribution is -2.25. The molecule has 1 aromatic carbocycles. The number of H-pyrrole nitrogens is 1. The Balaban J connectivity index is 2.16. The molecule has 1 aromatic heterocycles. The van der Waals surface area contributed by atoms with Gasteiger partial charge in [-0.15, -0.1) is 0 Å². The highest BCUT2D eigenvalue weighted by Crippen LogP contribution is 2.18. The highest BCUT2D eigenvalue weighted by atomic mass is 32.2. The number of nitrogens with one attached hydrogen (secondary N) is 2. The second kappa shape index (κ2) is 5.40. The molecule has 1 heterocycles. The molecular weight excluding hydrogens is 266 g/mol. The number of carbonyl (C=O) groups is 1. The van der Waals surface area contributed by atoms with E-state index in [9.17, 15) is 13.2 Å². The molecule has 1 amide bonds. The largest absolute Gasteiger partial charge is 0.356 e. The van der Waals surface area contributed by atoms with E-state index in [2.05, 4.69) is 15.5 Å². The van der Waals surface area contributed by atoms with Crippen LogP contribution < -0.4 is 5.32 Å². The van der Waals surface area contributed by atoms with E-state index in [1.54, 1.807) is 25.3 Å². The summed E-state index contributed by atoms with van der Waals surface area (Å²) in [6.07, 6.45) is 1.54. The summed E-state index contributed by atoms with van der Waals surface area (Å²) in [6.45, 7) is 2.29. The molecule has 2 aromatic rings. The Labute approximate surface area is 111 Å². The maximum atomic E-state index is 12.1. The number of rotatable bonds is 5. The van der Waals surface area contributed by atoms with Crippen molar-refractivity contribution in [3.8, 4) is 0 Å². The molecule has 6 nitrogen and oxygen atoms in total. The van der Waals surface area contributed by atoms with E-state index in [1.165, 1.54) is 6.07 Å². The summed E-state index contributed by atoms with van der Waals surface area (Å²) in [5.74, 6) is -0.446. The molecule has 0 aliphatic rings. The molecule has 19 heavy (non-hydrogen) atoms. The highest BCUT2D eigenvalue weighted by molar-refractivity contribution is 7.91. The van der Waals surface area contributed by atoms with Gasteiger partial charge in [0.1, 0.15) is 0 Å². The molecule has 0 saturated heterocycles. The summed E-state index contributed by atoms with van der Waals surface area (Å²) in [4.78, 5) is 11.5. The van der Waals surface area contributed by atoms with E-state index in [-0.39, 0.29) is 23.0 Å². The Hall–Kier alpha value is -1.89. The van der Waals surface area contributed by atoms with Gasteiger partial charge in [0, 0.05) is 18.4 Å². The number of benzene rings is 1. The van der Waals surface area contributed by atoms with Crippen molar-refractivity contribution in [1.82, 2.24) is 15.5 Å². The summed E-state index contributed by atoms with van der Waals surface area (Å²) in [5, 5.41) is 9.91. The van der Waals surface area contributed by atoms with Crippen molar-refractivity contribution in [3.05, 3.63) is 24.4 Å². The number of amides is 1. The molecule has 0 saturated carbocycles. The number of nitrogens with zero attached hydrogens (tertiary/aromatic N) is 1. The highest BCUT2D eigenvalue weighted by Gasteiger charge is 2.16. The van der Waals surface area contributed by atoms with Gasteiger partial charge in [0.15, 0.2) is 9.84 Å². The van der Waals surface area contributed by atoms with Crippen molar-refractivity contribution >= 4 is 26.6 Å². The second-order valence-electron chi connectivity index (χ2n) is 4.14. The lowest BCUT2D eigenvalue weighted by Gasteiger charge is -2.05. The first-order chi connectivity index (χ1) is 9.03. The van der Waals surface area contributed by atoms with E-state index < -0.39 is 9.84 Å². The molecule has 0 bridgehead atoms. The number of aromatic amines is 1. The molecule has 0 unspecified atom stereocenters. The minimum atomic E-state index is -3.45. The molecule has 0 aliphatic heterocycles. The van der Waals surface area contributed by atoms with Crippen LogP contribution in [-0.4, -0.2) is 36.8 Å². The lowest BCUT2D eigenvalue weighted by molar-refractivity contribution is -0.120. The van der Waals surface area contributed by atoms with Crippen molar-refractivity contribution < 1.29 is 13.2 Å². The maximum absolute atomic E-state index is 12.1. The predicted octanol–water partition coefficient (Wildman–Crippen LogP) is 0.863. The van der Waals surface area contributed by atoms with Crippen LogP contribution in [0.15, 0.2) is 29.3 Å². The van der Waals surface area contributed by atoms with Crippen LogP contribution in [0, 0.1) is 0 Å². The molecule has 0 radical (unpaired) electrons. The first-order valence-corrected chi connectivity index (χ1v) is 7.61. The number of fused-ring (bicyclic) bond motifs is 1. The average Bonchev–Trinajstić information content (AvgIpc) is 2.84. The quantitative estimate of drug-likeness (QED) is 0.850. The second-order valence-corrected chi connectivity index (χ2v) is 6.25. The topological polar surface area (TPSA) is 91.9 Å². The van der Waals surface area contributed by atoms with Gasteiger partial charge in [0.05, 0.1) is 22.4 Å². The van der Waals surface area contributed by atoms with Crippen LogP contribution in [0.2, 0.25) is 0 Å². The zero-order chi connectivity index (χ0) is 13.9. The summed E-state index contributed by atoms with van der Waals surface area (Å²) in [6, 6.07) is 4.75. The van der Waals surface area contributed by atoms with Gasteiger partial charge >= 0.3 is 0 Å². The van der Waals surface area contributed by atoms with E-state index in [0.717, 1.165) is 10.9 Å². The zero-order valence-corrected chi connectivity index (χ0v) is 11.3. The fraction of sp³-hybridized carbons (Fsp3) is 0.333. The van der Waals surface area contributed by atoms with Gasteiger partial charge in [-0.1, -0.05) is 0 Å². The van der Waals surface area contributed by atoms with Crippen molar-refractivity contribution in [1.29, 1.82) is 0 Å². The van der Waals surface area contributed by atoms with E-state index in [0.29, 0.717) is 6.54 Å². The Kier molecular flexibility index (Phi) is 3.84. The van der Waals surface area contributed by atoms with Gasteiger partial charge in [-0.25, -0.2) is 8.42 Å². The fourth-order valence-electron chi connectivity index (χ4n) is 1.74. The molecule has 102 valence electrons. The van der Waals surface area contributed by atoms with Crippen molar-refractivity contribution in [2.45, 2.75) is 18.2 Å². The SMILES string of the molecule is CCNC(=O)CCS(=O)(=O)c1ccc2[nH]ncc2c1. The van der Waals surface area contributed by atoms with Gasteiger partial charge in [0.25, 0.3) is 0 Å². The van der Waals surface area contributed by atoms with Gasteiger partial charge in [-0.3, -0.25) is 9.89 Å². The lowest BCUT2D eigenvalue weighted by atomic mass is 10.3. The van der Waals surface area contributed by atoms with Gasteiger partial charge in [-0.05, 0) is 25.1 Å². The smallest absolute Gasteiger partial charge is 0.221 e. The summed E-state index contributed by atoms with van der Waals surface area (Å²) >= 11 is 0. The van der Waals surface area contributed by atoms with Crippen LogP contribution in [0.3, 0.4) is 0 Å². The summed E-state index contributed by atoms with van der Waals surface area (Å²) in [5.41, 5.74) is 0.780. The van der Waals surface area contributed by atoms with Crippen LogP contribution >= 0.6 is 0 Å². The zero-order valence-electron chi connectivity index (χ0n) is 10.5. The first-order valence-electron chi connectivity index (χ1n) is 5.95. The number of hydrogen-bond acceptors (Lipinski definition) is 4. The van der Waals surface area contributed by atoms with Gasteiger partial charge in [-0.2, -0.15) is 5.10 Å². The Morgan fingerprint density at radius 1 is 1.42 bits per heavy atom. The van der Waals surface area contributed by atoms with Gasteiger partial charge < -0.3 is 5.32 Å². The standard InChI is InChI=1S/C12H15N3O3S/c1-2-13-12(16)5-6-19(17,18)10-3-4-11-9(7-10)8-14-15-11/h3-4,7-8H,2,5-6H2,1H3,(H,13,16)(H,14,15). The third-order valence-corrected chi connectivity index (χ3v) is 4.46. The molecular formula is C12H15N3O3S. The molecule has 7 heteroatoms. The first kappa shape index (κ1) is 13.5. The van der Waals surface area contributed by atoms with E-state index >= 15 is 0 Å². The molecule has 0 spiro atoms. The van der Waals surface area contributed by atoms with E-state index in [4.69, 9.17) is 0 Å². The Morgan fingerprint density at radius 3 is 2.95 bits per heavy atom. The van der Waals surface area contributed by atoms with Crippen LogP contribution in [0.25, 0.3) is 10.9 Å². The molecule has 2 rings (SSSR count). The van der Waals surface area contributed by atoms with Crippen molar-refractivity contribution in [2.24, 2.45) is 0 Å². The molecule has 0 atom stereocenters. The molecule has 2 N–H and O–H groups in total.